The van der Waals surface area contributed by atoms with Crippen molar-refractivity contribution in [3.8, 4) is 0 Å². The summed E-state index contributed by atoms with van der Waals surface area (Å²) in [6.45, 7) is 2.68. The molecule has 0 aromatic heterocycles. The molecule has 2 aromatic carbocycles. The number of urea groups is 1. The van der Waals surface area contributed by atoms with Crippen LogP contribution in [-0.2, 0) is 11.2 Å². The van der Waals surface area contributed by atoms with Gasteiger partial charge < -0.3 is 20.3 Å². The summed E-state index contributed by atoms with van der Waals surface area (Å²) in [5, 5.41) is 5.59. The number of hydrogen-bond donors (Lipinski definition) is 2. The van der Waals surface area contributed by atoms with E-state index in [1.165, 1.54) is 11.3 Å². The van der Waals surface area contributed by atoms with Crippen LogP contribution in [0.2, 0.25) is 0 Å². The Hall–Kier alpha value is -3.02. The lowest BCUT2D eigenvalue weighted by Gasteiger charge is -2.12. The van der Waals surface area contributed by atoms with Crippen molar-refractivity contribution in [2.24, 2.45) is 0 Å². The first kappa shape index (κ1) is 20.3. The van der Waals surface area contributed by atoms with Gasteiger partial charge in [-0.15, -0.1) is 0 Å². The van der Waals surface area contributed by atoms with Gasteiger partial charge >= 0.3 is 12.0 Å². The van der Waals surface area contributed by atoms with Gasteiger partial charge in [0.15, 0.2) is 0 Å². The molecule has 144 valence electrons. The summed E-state index contributed by atoms with van der Waals surface area (Å²) in [5.41, 5.74) is 3.51. The van der Waals surface area contributed by atoms with Crippen LogP contribution in [0.5, 0.6) is 0 Å². The van der Waals surface area contributed by atoms with Crippen LogP contribution >= 0.6 is 0 Å². The standard InChI is InChI=1S/C21H27N3O3/c1-4-27-20(25)17-9-11-18(12-10-17)23-21(26)22-15-5-6-16-7-13-19(14-8-16)24(2)3/h7-14H,4-6,15H2,1-3H3,(H2,22,23,26). The van der Waals surface area contributed by atoms with E-state index in [2.05, 4.69) is 39.8 Å². The average Bonchev–Trinajstić information content (AvgIpc) is 2.66. The molecule has 0 unspecified atom stereocenters. The quantitative estimate of drug-likeness (QED) is 0.550. The smallest absolute Gasteiger partial charge is 0.338 e. The van der Waals surface area contributed by atoms with Crippen molar-refractivity contribution < 1.29 is 14.3 Å². The molecule has 2 amide bonds. The van der Waals surface area contributed by atoms with Crippen LogP contribution in [0, 0.1) is 0 Å². The van der Waals surface area contributed by atoms with Crippen molar-refractivity contribution in [3.63, 3.8) is 0 Å². The van der Waals surface area contributed by atoms with Crippen molar-refractivity contribution in [1.29, 1.82) is 0 Å². The fourth-order valence-electron chi connectivity index (χ4n) is 2.53. The molecule has 0 heterocycles. The monoisotopic (exact) mass is 369 g/mol. The Balaban J connectivity index is 1.70. The SMILES string of the molecule is CCOC(=O)c1ccc(NC(=O)NCCCc2ccc(N(C)C)cc2)cc1. The highest BCUT2D eigenvalue weighted by Crippen LogP contribution is 2.13. The van der Waals surface area contributed by atoms with Crippen LogP contribution in [0.4, 0.5) is 16.2 Å². The van der Waals surface area contributed by atoms with Gasteiger partial charge in [-0.2, -0.15) is 0 Å². The molecule has 0 aliphatic rings. The molecule has 0 aliphatic heterocycles. The molecule has 6 heteroatoms. The molecule has 0 fully saturated rings. The minimum atomic E-state index is -0.368. The minimum absolute atomic E-state index is 0.262. The Morgan fingerprint density at radius 3 is 2.26 bits per heavy atom. The molecule has 2 N–H and O–H groups in total. The number of esters is 1. The Kier molecular flexibility index (Phi) is 7.67. The van der Waals surface area contributed by atoms with E-state index in [4.69, 9.17) is 4.74 Å². The van der Waals surface area contributed by atoms with Gasteiger partial charge in [0.1, 0.15) is 0 Å². The van der Waals surface area contributed by atoms with E-state index in [9.17, 15) is 9.59 Å². The number of anilines is 2. The Bertz CT molecular complexity index is 740. The molecule has 2 aromatic rings. The molecule has 0 saturated carbocycles. The second-order valence-corrected chi connectivity index (χ2v) is 6.34. The van der Waals surface area contributed by atoms with Gasteiger partial charge in [0.2, 0.25) is 0 Å². The Morgan fingerprint density at radius 2 is 1.67 bits per heavy atom. The topological polar surface area (TPSA) is 70.7 Å². The molecule has 0 saturated heterocycles. The average molecular weight is 369 g/mol. The second-order valence-electron chi connectivity index (χ2n) is 6.34. The second kappa shape index (κ2) is 10.2. The van der Waals surface area contributed by atoms with Crippen molar-refractivity contribution in [1.82, 2.24) is 5.32 Å². The van der Waals surface area contributed by atoms with E-state index in [1.54, 1.807) is 31.2 Å². The van der Waals surface area contributed by atoms with E-state index in [-0.39, 0.29) is 12.0 Å². The van der Waals surface area contributed by atoms with E-state index < -0.39 is 0 Å². The lowest BCUT2D eigenvalue weighted by molar-refractivity contribution is 0.0526. The molecular formula is C21H27N3O3. The highest BCUT2D eigenvalue weighted by Gasteiger charge is 2.07. The third-order valence-corrected chi connectivity index (χ3v) is 4.03. The number of amides is 2. The molecular weight excluding hydrogens is 342 g/mol. The summed E-state index contributed by atoms with van der Waals surface area (Å²) in [5.74, 6) is -0.368. The molecule has 2 rings (SSSR count). The highest BCUT2D eigenvalue weighted by molar-refractivity contribution is 5.92. The lowest BCUT2D eigenvalue weighted by Crippen LogP contribution is -2.29. The lowest BCUT2D eigenvalue weighted by atomic mass is 10.1. The van der Waals surface area contributed by atoms with Crippen LogP contribution in [0.25, 0.3) is 0 Å². The fourth-order valence-corrected chi connectivity index (χ4v) is 2.53. The van der Waals surface area contributed by atoms with Gasteiger partial charge in [-0.05, 0) is 61.7 Å². The fraction of sp³-hybridized carbons (Fsp3) is 0.333. The van der Waals surface area contributed by atoms with Gasteiger partial charge in [0, 0.05) is 32.0 Å². The summed E-state index contributed by atoms with van der Waals surface area (Å²) in [7, 11) is 4.03. The van der Waals surface area contributed by atoms with Crippen molar-refractivity contribution >= 4 is 23.4 Å². The van der Waals surface area contributed by atoms with E-state index in [1.807, 2.05) is 14.1 Å². The third kappa shape index (κ3) is 6.66. The summed E-state index contributed by atoms with van der Waals surface area (Å²) >= 11 is 0. The van der Waals surface area contributed by atoms with Crippen LogP contribution in [0.1, 0.15) is 29.3 Å². The predicted octanol–water partition coefficient (Wildman–Crippen LogP) is 3.68. The minimum Gasteiger partial charge on any atom is -0.462 e. The maximum absolute atomic E-state index is 11.9. The molecule has 0 aliphatic carbocycles. The number of carbonyl (C=O) groups is 2. The number of ether oxygens (including phenoxy) is 1. The number of aryl methyl sites for hydroxylation is 1. The number of benzene rings is 2. The van der Waals surface area contributed by atoms with Crippen molar-refractivity contribution in [2.75, 3.05) is 37.5 Å². The van der Waals surface area contributed by atoms with Gasteiger partial charge in [-0.25, -0.2) is 9.59 Å². The molecule has 0 radical (unpaired) electrons. The summed E-state index contributed by atoms with van der Waals surface area (Å²) in [6.07, 6.45) is 1.76. The van der Waals surface area contributed by atoms with Crippen LogP contribution < -0.4 is 15.5 Å². The third-order valence-electron chi connectivity index (χ3n) is 4.03. The largest absolute Gasteiger partial charge is 0.462 e. The maximum atomic E-state index is 11.9. The first-order chi connectivity index (χ1) is 13.0. The van der Waals surface area contributed by atoms with Gasteiger partial charge in [0.05, 0.1) is 12.2 Å². The molecule has 27 heavy (non-hydrogen) atoms. The number of rotatable bonds is 8. The zero-order valence-electron chi connectivity index (χ0n) is 16.1. The van der Waals surface area contributed by atoms with Crippen LogP contribution in [-0.4, -0.2) is 39.2 Å². The van der Waals surface area contributed by atoms with E-state index >= 15 is 0 Å². The van der Waals surface area contributed by atoms with Crippen molar-refractivity contribution in [3.05, 3.63) is 59.7 Å². The number of nitrogens with one attached hydrogen (secondary N) is 2. The number of hydrogen-bond acceptors (Lipinski definition) is 4. The predicted molar refractivity (Wildman–Crippen MR) is 109 cm³/mol. The molecule has 0 bridgehead atoms. The Morgan fingerprint density at radius 1 is 1.00 bits per heavy atom. The molecule has 6 nitrogen and oxygen atoms in total. The van der Waals surface area contributed by atoms with Gasteiger partial charge in [-0.3, -0.25) is 0 Å². The van der Waals surface area contributed by atoms with E-state index in [0.717, 1.165) is 12.8 Å². The number of nitrogens with zero attached hydrogens (tertiary/aromatic N) is 1. The van der Waals surface area contributed by atoms with Crippen LogP contribution in [0.3, 0.4) is 0 Å². The summed E-state index contributed by atoms with van der Waals surface area (Å²) in [6, 6.07) is 14.8. The highest BCUT2D eigenvalue weighted by atomic mass is 16.5. The zero-order chi connectivity index (χ0) is 19.6. The van der Waals surface area contributed by atoms with Gasteiger partial charge in [0.25, 0.3) is 0 Å². The number of carbonyl (C=O) groups excluding carboxylic acids is 2. The first-order valence-electron chi connectivity index (χ1n) is 9.08. The zero-order valence-corrected chi connectivity index (χ0v) is 16.1. The Labute approximate surface area is 160 Å². The first-order valence-corrected chi connectivity index (χ1v) is 9.08. The van der Waals surface area contributed by atoms with Crippen molar-refractivity contribution in [2.45, 2.75) is 19.8 Å². The van der Waals surface area contributed by atoms with Gasteiger partial charge in [-0.1, -0.05) is 12.1 Å². The molecule has 0 atom stereocenters. The summed E-state index contributed by atoms with van der Waals surface area (Å²) in [4.78, 5) is 25.6. The van der Waals surface area contributed by atoms with E-state index in [0.29, 0.717) is 24.4 Å². The summed E-state index contributed by atoms with van der Waals surface area (Å²) < 4.78 is 4.93. The maximum Gasteiger partial charge on any atom is 0.338 e. The molecule has 0 spiro atoms. The van der Waals surface area contributed by atoms with Crippen LogP contribution in [0.15, 0.2) is 48.5 Å². The normalized spacial score (nSPS) is 10.2.